The maximum Gasteiger partial charge on any atom is 0.480 e. The number of hydrogen-bond donors (Lipinski definition) is 0. The summed E-state index contributed by atoms with van der Waals surface area (Å²) in [5, 5.41) is 0. The standard InChI is InChI=1S/C2H3IO2P/c1-2(4)6(3)5/h1H3/q+1. The van der Waals surface area contributed by atoms with E-state index in [0.717, 1.165) is 0 Å². The SMILES string of the molecule is CC(=O)[P+](=O)I. The third-order valence-electron chi connectivity index (χ3n) is 0.248. The number of carbonyl (C=O) groups excluding carboxylic acids is 1. The zero-order chi connectivity index (χ0) is 5.15. The molecule has 0 aliphatic rings. The van der Waals surface area contributed by atoms with Crippen molar-refractivity contribution in [1.29, 1.82) is 0 Å². The maximum atomic E-state index is 9.93. The highest BCUT2D eigenvalue weighted by atomic mass is 127. The molecule has 0 radical (unpaired) electrons. The summed E-state index contributed by atoms with van der Waals surface area (Å²) >= 11 is 1.59. The van der Waals surface area contributed by atoms with E-state index in [2.05, 4.69) is 0 Å². The van der Waals surface area contributed by atoms with E-state index < -0.39 is 5.44 Å². The predicted octanol–water partition coefficient (Wildman–Crippen LogP) is 1.71. The Morgan fingerprint density at radius 1 is 1.83 bits per heavy atom. The molecule has 0 aliphatic carbocycles. The van der Waals surface area contributed by atoms with E-state index in [1.807, 2.05) is 0 Å². The molecule has 0 aromatic heterocycles. The summed E-state index contributed by atoms with van der Waals surface area (Å²) < 4.78 is 9.93. The van der Waals surface area contributed by atoms with E-state index in [-0.39, 0.29) is 5.52 Å². The fourth-order valence-electron chi connectivity index (χ4n) is 0. The average molecular weight is 217 g/mol. The van der Waals surface area contributed by atoms with Gasteiger partial charge in [-0.3, -0.25) is 0 Å². The summed E-state index contributed by atoms with van der Waals surface area (Å²) in [5.41, 5.74) is -1.82. The second-order valence-corrected chi connectivity index (χ2v) is 4.51. The molecular weight excluding hydrogens is 214 g/mol. The Hall–Kier alpha value is 0.500. The molecule has 0 spiro atoms. The minimum atomic E-state index is -1.58. The fourth-order valence-corrected chi connectivity index (χ4v) is 0. The molecule has 0 saturated heterocycles. The van der Waals surface area contributed by atoms with Gasteiger partial charge in [0.05, 0.1) is 0 Å². The highest BCUT2D eigenvalue weighted by molar-refractivity contribution is 14.2. The van der Waals surface area contributed by atoms with Crippen LogP contribution in [0.3, 0.4) is 0 Å². The van der Waals surface area contributed by atoms with Crippen LogP contribution in [0.2, 0.25) is 0 Å². The minimum absolute atomic E-state index is 0.245. The van der Waals surface area contributed by atoms with E-state index in [4.69, 9.17) is 0 Å². The van der Waals surface area contributed by atoms with E-state index in [9.17, 15) is 9.36 Å². The van der Waals surface area contributed by atoms with Crippen LogP contribution in [0.25, 0.3) is 0 Å². The Labute approximate surface area is 49.6 Å². The summed E-state index contributed by atoms with van der Waals surface area (Å²) in [6.07, 6.45) is 0. The second kappa shape index (κ2) is 2.64. The van der Waals surface area contributed by atoms with Gasteiger partial charge in [0.1, 0.15) is 0 Å². The minimum Gasteiger partial charge on any atom is -0.240 e. The van der Waals surface area contributed by atoms with Crippen molar-refractivity contribution in [3.05, 3.63) is 0 Å². The highest BCUT2D eigenvalue weighted by Gasteiger charge is 2.16. The topological polar surface area (TPSA) is 34.1 Å². The van der Waals surface area contributed by atoms with E-state index in [1.54, 1.807) is 22.0 Å². The number of carbonyl (C=O) groups is 1. The maximum absolute atomic E-state index is 9.93. The van der Waals surface area contributed by atoms with Gasteiger partial charge in [0.2, 0.25) is 0 Å². The van der Waals surface area contributed by atoms with Crippen molar-refractivity contribution in [2.75, 3.05) is 0 Å². The van der Waals surface area contributed by atoms with Gasteiger partial charge in [0, 0.05) is 6.92 Å². The summed E-state index contributed by atoms with van der Waals surface area (Å²) in [7, 11) is 0. The van der Waals surface area contributed by atoms with Crippen molar-refractivity contribution in [1.82, 2.24) is 0 Å². The molecule has 6 heavy (non-hydrogen) atoms. The number of rotatable bonds is 1. The molecule has 4 heteroatoms. The Morgan fingerprint density at radius 2 is 2.00 bits per heavy atom. The van der Waals surface area contributed by atoms with Gasteiger partial charge >= 0.3 is 11.0 Å². The molecule has 0 amide bonds. The van der Waals surface area contributed by atoms with Crippen LogP contribution in [-0.2, 0) is 9.36 Å². The summed E-state index contributed by atoms with van der Waals surface area (Å²) in [5.74, 6) is 0. The van der Waals surface area contributed by atoms with Crippen molar-refractivity contribution in [2.45, 2.75) is 6.92 Å². The van der Waals surface area contributed by atoms with Gasteiger partial charge in [0.25, 0.3) is 22.0 Å². The molecule has 34 valence electrons. The van der Waals surface area contributed by atoms with Gasteiger partial charge in [-0.05, 0) is 0 Å². The number of halogens is 1. The Kier molecular flexibility index (Phi) is 2.86. The van der Waals surface area contributed by atoms with Gasteiger partial charge in [0.15, 0.2) is 0 Å². The smallest absolute Gasteiger partial charge is 0.240 e. The lowest BCUT2D eigenvalue weighted by Crippen LogP contribution is -1.69. The first-order valence-corrected chi connectivity index (χ1v) is 5.32. The predicted molar refractivity (Wildman–Crippen MR) is 32.3 cm³/mol. The molecule has 0 N–H and O–H groups in total. The lowest BCUT2D eigenvalue weighted by molar-refractivity contribution is -0.109. The third kappa shape index (κ3) is 2.72. The van der Waals surface area contributed by atoms with Crippen molar-refractivity contribution in [3.63, 3.8) is 0 Å². The van der Waals surface area contributed by atoms with Crippen LogP contribution in [0.1, 0.15) is 6.92 Å². The zero-order valence-electron chi connectivity index (χ0n) is 3.14. The van der Waals surface area contributed by atoms with Crippen molar-refractivity contribution in [2.24, 2.45) is 0 Å². The molecular formula is C2H3IO2P+. The quantitative estimate of drug-likeness (QED) is 0.494. The molecule has 1 unspecified atom stereocenters. The molecule has 2 nitrogen and oxygen atoms in total. The van der Waals surface area contributed by atoms with Crippen molar-refractivity contribution in [3.8, 4) is 0 Å². The first-order valence-electron chi connectivity index (χ1n) is 1.28. The molecule has 0 bridgehead atoms. The van der Waals surface area contributed by atoms with Crippen LogP contribution in [0.5, 0.6) is 0 Å². The lowest BCUT2D eigenvalue weighted by atomic mass is 10.9. The van der Waals surface area contributed by atoms with Crippen LogP contribution in [-0.4, -0.2) is 5.52 Å². The van der Waals surface area contributed by atoms with Crippen molar-refractivity contribution >= 4 is 33.0 Å². The van der Waals surface area contributed by atoms with Crippen molar-refractivity contribution < 1.29 is 9.36 Å². The Balaban J connectivity index is 3.57. The Bertz CT molecular complexity index is 77.5. The molecule has 0 aliphatic heterocycles. The summed E-state index contributed by atoms with van der Waals surface area (Å²) in [6, 6.07) is 0. The molecule has 0 aromatic rings. The Morgan fingerprint density at radius 3 is 2.00 bits per heavy atom. The molecule has 1 atom stereocenters. The van der Waals surface area contributed by atoms with Crippen LogP contribution in [0.15, 0.2) is 0 Å². The van der Waals surface area contributed by atoms with Crippen LogP contribution >= 0.6 is 27.5 Å². The van der Waals surface area contributed by atoms with Gasteiger partial charge in [-0.1, -0.05) is 4.57 Å². The van der Waals surface area contributed by atoms with E-state index in [1.165, 1.54) is 6.92 Å². The van der Waals surface area contributed by atoms with Gasteiger partial charge < -0.3 is 0 Å². The van der Waals surface area contributed by atoms with Crippen LogP contribution in [0, 0.1) is 0 Å². The molecule has 0 rings (SSSR count). The molecule has 0 aromatic carbocycles. The first-order chi connectivity index (χ1) is 2.64. The van der Waals surface area contributed by atoms with E-state index in [0.29, 0.717) is 0 Å². The normalized spacial score (nSPS) is 10.7. The lowest BCUT2D eigenvalue weighted by Gasteiger charge is -1.53. The second-order valence-electron chi connectivity index (χ2n) is 0.764. The monoisotopic (exact) mass is 217 g/mol. The highest BCUT2D eigenvalue weighted by Crippen LogP contribution is 2.30. The number of hydrogen-bond acceptors (Lipinski definition) is 2. The first kappa shape index (κ1) is 6.50. The largest absolute Gasteiger partial charge is 0.480 e. The average Bonchev–Trinajstić information content (AvgIpc) is 1.36. The summed E-state index contributed by atoms with van der Waals surface area (Å²) in [6.45, 7) is 1.31. The summed E-state index contributed by atoms with van der Waals surface area (Å²) in [4.78, 5) is 9.85. The van der Waals surface area contributed by atoms with Crippen LogP contribution < -0.4 is 0 Å². The zero-order valence-corrected chi connectivity index (χ0v) is 6.19. The van der Waals surface area contributed by atoms with Gasteiger partial charge in [-0.2, -0.15) is 0 Å². The fraction of sp³-hybridized carbons (Fsp3) is 0.500. The molecule has 0 saturated carbocycles. The molecule has 0 heterocycles. The van der Waals surface area contributed by atoms with Gasteiger partial charge in [-0.25, -0.2) is 4.79 Å². The van der Waals surface area contributed by atoms with Crippen LogP contribution in [0.4, 0.5) is 0 Å². The van der Waals surface area contributed by atoms with Gasteiger partial charge in [-0.15, -0.1) is 0 Å². The molecule has 0 fully saturated rings. The third-order valence-corrected chi connectivity index (χ3v) is 2.78. The van der Waals surface area contributed by atoms with E-state index >= 15 is 0 Å².